The highest BCUT2D eigenvalue weighted by Crippen LogP contribution is 2.27. The molecule has 0 spiro atoms. The quantitative estimate of drug-likeness (QED) is 0.639. The Balaban J connectivity index is 2.81. The first-order valence-corrected chi connectivity index (χ1v) is 6.67. The molecule has 0 atom stereocenters. The monoisotopic (exact) mass is 245 g/mol. The van der Waals surface area contributed by atoms with Crippen LogP contribution >= 0.6 is 23.4 Å². The van der Waals surface area contributed by atoms with Gasteiger partial charge >= 0.3 is 0 Å². The molecule has 0 radical (unpaired) electrons. The Kier molecular flexibility index (Phi) is 5.19. The molecular formula is C10H16ClN3S. The average Bonchev–Trinajstić information content (AvgIpc) is 2.17. The summed E-state index contributed by atoms with van der Waals surface area (Å²) in [5.41, 5.74) is 1.00. The predicted molar refractivity (Wildman–Crippen MR) is 68.0 cm³/mol. The number of nitrogens with one attached hydrogen (secondary N) is 1. The summed E-state index contributed by atoms with van der Waals surface area (Å²) < 4.78 is 0. The average molecular weight is 246 g/mol. The number of thioether (sulfide) groups is 1. The number of nitrogens with zero attached hydrogens (tertiary/aromatic N) is 2. The second-order valence-electron chi connectivity index (χ2n) is 3.50. The van der Waals surface area contributed by atoms with Crippen molar-refractivity contribution in [1.29, 1.82) is 0 Å². The summed E-state index contributed by atoms with van der Waals surface area (Å²) in [4.78, 5) is 8.22. The van der Waals surface area contributed by atoms with Crippen molar-refractivity contribution in [3.05, 3.63) is 17.0 Å². The van der Waals surface area contributed by atoms with E-state index >= 15 is 0 Å². The fourth-order valence-electron chi connectivity index (χ4n) is 1.30. The molecule has 0 amide bonds. The largest absolute Gasteiger partial charge is 0.369 e. The maximum atomic E-state index is 6.04. The maximum absolute atomic E-state index is 6.04. The van der Waals surface area contributed by atoms with Gasteiger partial charge in [0.2, 0.25) is 0 Å². The van der Waals surface area contributed by atoms with E-state index in [1.54, 1.807) is 11.8 Å². The molecule has 0 aliphatic heterocycles. The fraction of sp³-hybridized carbons (Fsp3) is 0.600. The first-order chi connectivity index (χ1) is 7.16. The van der Waals surface area contributed by atoms with E-state index < -0.39 is 0 Å². The van der Waals surface area contributed by atoms with Crippen molar-refractivity contribution in [2.45, 2.75) is 19.8 Å². The second-order valence-corrected chi connectivity index (χ2v) is 4.84. The van der Waals surface area contributed by atoms with Crippen LogP contribution in [0.25, 0.3) is 0 Å². The molecule has 0 fully saturated rings. The molecule has 1 heterocycles. The van der Waals surface area contributed by atoms with Gasteiger partial charge in [0.1, 0.15) is 17.3 Å². The van der Waals surface area contributed by atoms with Crippen molar-refractivity contribution in [3.63, 3.8) is 0 Å². The van der Waals surface area contributed by atoms with E-state index in [2.05, 4.69) is 35.4 Å². The molecule has 84 valence electrons. The smallest absolute Gasteiger partial charge is 0.138 e. The molecule has 0 aliphatic carbocycles. The standard InChI is InChI=1S/C10H16ClN3S/c1-7(2)8-9(11)13-6-14-10(8)12-4-5-15-3/h6-7H,4-5H2,1-3H3,(H,12,13,14). The van der Waals surface area contributed by atoms with Crippen LogP contribution in [0.3, 0.4) is 0 Å². The predicted octanol–water partition coefficient (Wildman–Crippen LogP) is 3.03. The van der Waals surface area contributed by atoms with E-state index in [1.165, 1.54) is 6.33 Å². The number of hydrogen-bond donors (Lipinski definition) is 1. The van der Waals surface area contributed by atoms with E-state index in [1.807, 2.05) is 0 Å². The third kappa shape index (κ3) is 3.54. The Morgan fingerprint density at radius 1 is 1.47 bits per heavy atom. The van der Waals surface area contributed by atoms with Crippen molar-refractivity contribution in [1.82, 2.24) is 9.97 Å². The summed E-state index contributed by atoms with van der Waals surface area (Å²) >= 11 is 7.84. The van der Waals surface area contributed by atoms with E-state index in [0.717, 1.165) is 23.7 Å². The van der Waals surface area contributed by atoms with Gasteiger partial charge < -0.3 is 5.32 Å². The lowest BCUT2D eigenvalue weighted by molar-refractivity contribution is 0.846. The minimum atomic E-state index is 0.329. The number of aromatic nitrogens is 2. The van der Waals surface area contributed by atoms with Crippen LogP contribution in [-0.2, 0) is 0 Å². The van der Waals surface area contributed by atoms with E-state index in [-0.39, 0.29) is 0 Å². The molecule has 3 nitrogen and oxygen atoms in total. The van der Waals surface area contributed by atoms with Crippen molar-refractivity contribution in [3.8, 4) is 0 Å². The van der Waals surface area contributed by atoms with E-state index in [0.29, 0.717) is 11.1 Å². The van der Waals surface area contributed by atoms with Gasteiger partial charge in [-0.3, -0.25) is 0 Å². The summed E-state index contributed by atoms with van der Waals surface area (Å²) in [6.07, 6.45) is 3.58. The van der Waals surface area contributed by atoms with Gasteiger partial charge in [0.25, 0.3) is 0 Å². The highest BCUT2D eigenvalue weighted by molar-refractivity contribution is 7.98. The third-order valence-corrected chi connectivity index (χ3v) is 2.92. The molecule has 1 aromatic heterocycles. The SMILES string of the molecule is CSCCNc1ncnc(Cl)c1C(C)C. The Bertz CT molecular complexity index is 318. The van der Waals surface area contributed by atoms with Gasteiger partial charge in [0, 0.05) is 17.9 Å². The van der Waals surface area contributed by atoms with Gasteiger partial charge in [-0.2, -0.15) is 11.8 Å². The minimum Gasteiger partial charge on any atom is -0.369 e. The molecule has 0 saturated heterocycles. The zero-order valence-electron chi connectivity index (χ0n) is 9.25. The van der Waals surface area contributed by atoms with Crippen molar-refractivity contribution >= 4 is 29.2 Å². The molecule has 15 heavy (non-hydrogen) atoms. The van der Waals surface area contributed by atoms with Gasteiger partial charge in [0.05, 0.1) is 0 Å². The molecule has 0 saturated carbocycles. The topological polar surface area (TPSA) is 37.8 Å². The number of hydrogen-bond acceptors (Lipinski definition) is 4. The summed E-state index contributed by atoms with van der Waals surface area (Å²) in [5, 5.41) is 3.83. The summed E-state index contributed by atoms with van der Waals surface area (Å²) in [6, 6.07) is 0. The molecule has 5 heteroatoms. The zero-order chi connectivity index (χ0) is 11.3. The van der Waals surface area contributed by atoms with Gasteiger partial charge in [-0.15, -0.1) is 0 Å². The van der Waals surface area contributed by atoms with Crippen molar-refractivity contribution in [2.24, 2.45) is 0 Å². The van der Waals surface area contributed by atoms with Crippen LogP contribution < -0.4 is 5.32 Å². The molecular weight excluding hydrogens is 230 g/mol. The lowest BCUT2D eigenvalue weighted by Crippen LogP contribution is -2.09. The zero-order valence-corrected chi connectivity index (χ0v) is 10.8. The number of rotatable bonds is 5. The molecule has 0 bridgehead atoms. The number of halogens is 1. The Morgan fingerprint density at radius 3 is 2.80 bits per heavy atom. The molecule has 1 rings (SSSR count). The Hall–Kier alpha value is -0.480. The van der Waals surface area contributed by atoms with Gasteiger partial charge in [-0.1, -0.05) is 25.4 Å². The first kappa shape index (κ1) is 12.6. The molecule has 0 aliphatic rings. The van der Waals surface area contributed by atoms with Crippen LogP contribution in [0, 0.1) is 0 Å². The fourth-order valence-corrected chi connectivity index (χ4v) is 1.96. The van der Waals surface area contributed by atoms with Gasteiger partial charge in [-0.05, 0) is 12.2 Å². The molecule has 1 N–H and O–H groups in total. The normalized spacial score (nSPS) is 10.7. The van der Waals surface area contributed by atoms with Gasteiger partial charge in [0.15, 0.2) is 0 Å². The Morgan fingerprint density at radius 2 is 2.20 bits per heavy atom. The lowest BCUT2D eigenvalue weighted by Gasteiger charge is -2.13. The van der Waals surface area contributed by atoms with E-state index in [4.69, 9.17) is 11.6 Å². The molecule has 1 aromatic rings. The number of anilines is 1. The summed E-state index contributed by atoms with van der Waals surface area (Å²) in [6.45, 7) is 5.07. The van der Waals surface area contributed by atoms with Crippen LogP contribution in [0.5, 0.6) is 0 Å². The van der Waals surface area contributed by atoms with Gasteiger partial charge in [-0.25, -0.2) is 9.97 Å². The first-order valence-electron chi connectivity index (χ1n) is 4.90. The van der Waals surface area contributed by atoms with Crippen LogP contribution in [0.4, 0.5) is 5.82 Å². The molecule has 0 aromatic carbocycles. The highest BCUT2D eigenvalue weighted by atomic mass is 35.5. The minimum absolute atomic E-state index is 0.329. The van der Waals surface area contributed by atoms with Crippen molar-refractivity contribution < 1.29 is 0 Å². The lowest BCUT2D eigenvalue weighted by atomic mass is 10.1. The maximum Gasteiger partial charge on any atom is 0.138 e. The molecule has 0 unspecified atom stereocenters. The van der Waals surface area contributed by atoms with E-state index in [9.17, 15) is 0 Å². The third-order valence-electron chi connectivity index (χ3n) is 2.01. The Labute approximate surface area is 100 Å². The van der Waals surface area contributed by atoms with Crippen LogP contribution in [-0.4, -0.2) is 28.5 Å². The van der Waals surface area contributed by atoms with Crippen LogP contribution in [0.15, 0.2) is 6.33 Å². The summed E-state index contributed by atoms with van der Waals surface area (Å²) in [7, 11) is 0. The highest BCUT2D eigenvalue weighted by Gasteiger charge is 2.12. The second kappa shape index (κ2) is 6.18. The summed E-state index contributed by atoms with van der Waals surface area (Å²) in [5.74, 6) is 2.24. The van der Waals surface area contributed by atoms with Crippen LogP contribution in [0.1, 0.15) is 25.3 Å². The van der Waals surface area contributed by atoms with Crippen LogP contribution in [0.2, 0.25) is 5.15 Å². The van der Waals surface area contributed by atoms with Crippen molar-refractivity contribution in [2.75, 3.05) is 23.9 Å².